The largest absolute Gasteiger partial charge is 0.465 e. The highest BCUT2D eigenvalue weighted by Crippen LogP contribution is 2.07. The number of imidazole rings is 1. The number of hydrogen-bond donors (Lipinski definition) is 1. The molecule has 1 aliphatic heterocycles. The molecule has 106 valence electrons. The lowest BCUT2D eigenvalue weighted by Gasteiger charge is -2.34. The van der Waals surface area contributed by atoms with Crippen LogP contribution in [-0.2, 0) is 23.0 Å². The summed E-state index contributed by atoms with van der Waals surface area (Å²) >= 11 is 0. The van der Waals surface area contributed by atoms with Crippen LogP contribution in [0.2, 0.25) is 0 Å². The minimum atomic E-state index is -0.172. The number of nitrogens with one attached hydrogen (secondary N) is 1. The van der Waals surface area contributed by atoms with E-state index in [0.717, 1.165) is 31.9 Å². The highest BCUT2D eigenvalue weighted by atomic mass is 16.5. The zero-order chi connectivity index (χ0) is 13.7. The number of esters is 1. The Balaban J connectivity index is 1.92. The third kappa shape index (κ3) is 3.54. The summed E-state index contributed by atoms with van der Waals surface area (Å²) < 4.78 is 7.15. The lowest BCUT2D eigenvalue weighted by Crippen LogP contribution is -2.55. The minimum Gasteiger partial charge on any atom is -0.465 e. The van der Waals surface area contributed by atoms with E-state index in [1.807, 2.05) is 24.7 Å². The molecule has 1 unspecified atom stereocenters. The van der Waals surface area contributed by atoms with Crippen molar-refractivity contribution < 1.29 is 9.53 Å². The lowest BCUT2D eigenvalue weighted by molar-refractivity contribution is -0.150. The number of piperazine rings is 1. The van der Waals surface area contributed by atoms with Crippen molar-refractivity contribution in [1.29, 1.82) is 0 Å². The second kappa shape index (κ2) is 6.68. The van der Waals surface area contributed by atoms with Crippen molar-refractivity contribution in [2.75, 3.05) is 32.8 Å². The molecule has 1 aliphatic rings. The molecule has 2 rings (SSSR count). The normalized spacial score (nSPS) is 20.4. The van der Waals surface area contributed by atoms with Crippen LogP contribution in [0.1, 0.15) is 12.7 Å². The van der Waals surface area contributed by atoms with Gasteiger partial charge in [0.1, 0.15) is 11.9 Å². The van der Waals surface area contributed by atoms with E-state index < -0.39 is 0 Å². The average Bonchev–Trinajstić information content (AvgIpc) is 2.82. The van der Waals surface area contributed by atoms with Crippen LogP contribution in [-0.4, -0.2) is 59.2 Å². The van der Waals surface area contributed by atoms with E-state index in [-0.39, 0.29) is 12.0 Å². The number of rotatable bonds is 5. The van der Waals surface area contributed by atoms with Crippen LogP contribution in [0.25, 0.3) is 0 Å². The van der Waals surface area contributed by atoms with E-state index >= 15 is 0 Å². The molecule has 6 nitrogen and oxygen atoms in total. The third-order valence-electron chi connectivity index (χ3n) is 3.46. The maximum absolute atomic E-state index is 11.9. The van der Waals surface area contributed by atoms with Gasteiger partial charge in [0.05, 0.1) is 6.61 Å². The summed E-state index contributed by atoms with van der Waals surface area (Å²) in [6.07, 6.45) is 4.59. The molecule has 6 heteroatoms. The summed E-state index contributed by atoms with van der Waals surface area (Å²) in [5, 5.41) is 3.25. The molecular weight excluding hydrogens is 244 g/mol. The van der Waals surface area contributed by atoms with E-state index in [1.54, 1.807) is 6.20 Å². The highest BCUT2D eigenvalue weighted by Gasteiger charge is 2.29. The predicted octanol–water partition coefficient (Wildman–Crippen LogP) is -0.200. The van der Waals surface area contributed by atoms with Crippen molar-refractivity contribution >= 4 is 5.97 Å². The maximum atomic E-state index is 11.9. The topological polar surface area (TPSA) is 59.4 Å². The summed E-state index contributed by atoms with van der Waals surface area (Å²) in [6, 6.07) is -0.172. The summed E-state index contributed by atoms with van der Waals surface area (Å²) in [5.41, 5.74) is 0. The molecule has 1 aromatic rings. The van der Waals surface area contributed by atoms with Crippen molar-refractivity contribution in [2.24, 2.45) is 7.05 Å². The van der Waals surface area contributed by atoms with Crippen LogP contribution in [0.5, 0.6) is 0 Å². The number of carbonyl (C=O) groups excluding carboxylic acids is 1. The lowest BCUT2D eigenvalue weighted by atomic mass is 10.2. The van der Waals surface area contributed by atoms with Gasteiger partial charge in [0.15, 0.2) is 0 Å². The molecule has 1 atom stereocenters. The molecule has 1 fully saturated rings. The molecule has 1 aromatic heterocycles. The second-order valence-corrected chi connectivity index (χ2v) is 4.71. The van der Waals surface area contributed by atoms with Gasteiger partial charge < -0.3 is 14.6 Å². The first-order chi connectivity index (χ1) is 9.22. The third-order valence-corrected chi connectivity index (χ3v) is 3.46. The van der Waals surface area contributed by atoms with Crippen LogP contribution < -0.4 is 5.32 Å². The standard InChI is InChI=1S/C13H22N4O2/c1-3-19-13(18)11-10-14-5-9-17(11)7-4-12-15-6-8-16(12)2/h6,8,11,14H,3-5,7,9-10H2,1-2H3. The Labute approximate surface area is 113 Å². The monoisotopic (exact) mass is 266 g/mol. The van der Waals surface area contributed by atoms with Crippen molar-refractivity contribution in [1.82, 2.24) is 19.8 Å². The molecule has 1 N–H and O–H groups in total. The van der Waals surface area contributed by atoms with Gasteiger partial charge >= 0.3 is 5.97 Å². The SMILES string of the molecule is CCOC(=O)C1CNCCN1CCc1nccn1C. The summed E-state index contributed by atoms with van der Waals surface area (Å²) in [7, 11) is 1.99. The number of aryl methyl sites for hydroxylation is 1. The second-order valence-electron chi connectivity index (χ2n) is 4.71. The predicted molar refractivity (Wildman–Crippen MR) is 71.8 cm³/mol. The minimum absolute atomic E-state index is 0.130. The fourth-order valence-electron chi connectivity index (χ4n) is 2.37. The van der Waals surface area contributed by atoms with Crippen molar-refractivity contribution in [3.05, 3.63) is 18.2 Å². The fraction of sp³-hybridized carbons (Fsp3) is 0.692. The first-order valence-corrected chi connectivity index (χ1v) is 6.80. The van der Waals surface area contributed by atoms with Gasteiger partial charge in [-0.2, -0.15) is 0 Å². The van der Waals surface area contributed by atoms with Crippen LogP contribution in [0.15, 0.2) is 12.4 Å². The Bertz CT molecular complexity index is 419. The van der Waals surface area contributed by atoms with Gasteiger partial charge in [-0.1, -0.05) is 0 Å². The van der Waals surface area contributed by atoms with Crippen molar-refractivity contribution in [3.63, 3.8) is 0 Å². The number of hydrogen-bond acceptors (Lipinski definition) is 5. The summed E-state index contributed by atoms with van der Waals surface area (Å²) in [4.78, 5) is 18.4. The van der Waals surface area contributed by atoms with Crippen molar-refractivity contribution in [2.45, 2.75) is 19.4 Å². The Morgan fingerprint density at radius 3 is 3.16 bits per heavy atom. The van der Waals surface area contributed by atoms with E-state index in [9.17, 15) is 4.79 Å². The first kappa shape index (κ1) is 14.0. The fourth-order valence-corrected chi connectivity index (χ4v) is 2.37. The van der Waals surface area contributed by atoms with Gasteiger partial charge in [-0.15, -0.1) is 0 Å². The van der Waals surface area contributed by atoms with Crippen LogP contribution in [0.4, 0.5) is 0 Å². The smallest absolute Gasteiger partial charge is 0.324 e. The van der Waals surface area contributed by atoms with Gasteiger partial charge in [-0.25, -0.2) is 4.98 Å². The van der Waals surface area contributed by atoms with E-state index in [1.165, 1.54) is 0 Å². The van der Waals surface area contributed by atoms with E-state index in [4.69, 9.17) is 4.74 Å². The Morgan fingerprint density at radius 2 is 2.47 bits per heavy atom. The quantitative estimate of drug-likeness (QED) is 0.748. The number of nitrogens with zero attached hydrogens (tertiary/aromatic N) is 3. The highest BCUT2D eigenvalue weighted by molar-refractivity contribution is 5.76. The molecule has 0 radical (unpaired) electrons. The molecule has 2 heterocycles. The van der Waals surface area contributed by atoms with Gasteiger partial charge in [-0.05, 0) is 6.92 Å². The van der Waals surface area contributed by atoms with Crippen LogP contribution in [0, 0.1) is 0 Å². The van der Waals surface area contributed by atoms with E-state index in [2.05, 4.69) is 15.2 Å². The van der Waals surface area contributed by atoms with Crippen LogP contribution >= 0.6 is 0 Å². The molecule has 0 aromatic carbocycles. The number of aromatic nitrogens is 2. The van der Waals surface area contributed by atoms with Gasteiger partial charge in [0.2, 0.25) is 0 Å². The van der Waals surface area contributed by atoms with E-state index in [0.29, 0.717) is 13.2 Å². The zero-order valence-electron chi connectivity index (χ0n) is 11.6. The van der Waals surface area contributed by atoms with Gasteiger partial charge in [-0.3, -0.25) is 9.69 Å². The average molecular weight is 266 g/mol. The zero-order valence-corrected chi connectivity index (χ0v) is 11.6. The first-order valence-electron chi connectivity index (χ1n) is 6.80. The molecular formula is C13H22N4O2. The molecule has 19 heavy (non-hydrogen) atoms. The maximum Gasteiger partial charge on any atom is 0.324 e. The van der Waals surface area contributed by atoms with Crippen molar-refractivity contribution in [3.8, 4) is 0 Å². The molecule has 0 amide bonds. The Morgan fingerprint density at radius 1 is 1.63 bits per heavy atom. The number of carbonyl (C=O) groups is 1. The molecule has 0 spiro atoms. The van der Waals surface area contributed by atoms with Gasteiger partial charge in [0, 0.05) is 52.0 Å². The molecule has 1 saturated heterocycles. The summed E-state index contributed by atoms with van der Waals surface area (Å²) in [6.45, 7) is 5.55. The summed E-state index contributed by atoms with van der Waals surface area (Å²) in [5.74, 6) is 0.913. The number of ether oxygens (including phenoxy) is 1. The molecule has 0 saturated carbocycles. The van der Waals surface area contributed by atoms with Gasteiger partial charge in [0.25, 0.3) is 0 Å². The molecule has 0 bridgehead atoms. The molecule has 0 aliphatic carbocycles. The Kier molecular flexibility index (Phi) is 4.93. The van der Waals surface area contributed by atoms with Crippen LogP contribution in [0.3, 0.4) is 0 Å². The Hall–Kier alpha value is -1.40.